The van der Waals surface area contributed by atoms with E-state index in [1.54, 1.807) is 6.07 Å². The van der Waals surface area contributed by atoms with Crippen LogP contribution in [0, 0.1) is 13.8 Å². The van der Waals surface area contributed by atoms with Gasteiger partial charge in [-0.3, -0.25) is 4.79 Å². The van der Waals surface area contributed by atoms with Crippen molar-refractivity contribution in [2.75, 3.05) is 19.7 Å². The van der Waals surface area contributed by atoms with Gasteiger partial charge in [-0.1, -0.05) is 29.3 Å². The van der Waals surface area contributed by atoms with Gasteiger partial charge < -0.3 is 4.74 Å². The molecule has 0 N–H and O–H groups in total. The molecule has 0 bridgehead atoms. The Hall–Kier alpha value is -2.22. The normalized spacial score (nSPS) is 14.7. The number of aryl methyl sites for hydroxylation is 2. The fourth-order valence-electron chi connectivity index (χ4n) is 3.22. The molecule has 6 nitrogen and oxygen atoms in total. The Labute approximate surface area is 175 Å². The van der Waals surface area contributed by atoms with Crippen LogP contribution < -0.4 is 0 Å². The molecule has 0 saturated carbocycles. The molecule has 0 unspecified atom stereocenters. The van der Waals surface area contributed by atoms with Crippen molar-refractivity contribution in [3.8, 4) is 0 Å². The Morgan fingerprint density at radius 3 is 2.45 bits per heavy atom. The van der Waals surface area contributed by atoms with Crippen LogP contribution in [-0.4, -0.2) is 44.2 Å². The highest BCUT2D eigenvalue weighted by Crippen LogP contribution is 2.28. The molecule has 154 valence electrons. The van der Waals surface area contributed by atoms with Crippen molar-refractivity contribution in [1.29, 1.82) is 0 Å². The lowest BCUT2D eigenvalue weighted by Gasteiger charge is -2.17. The maximum absolute atomic E-state index is 12.8. The number of rotatable bonds is 6. The van der Waals surface area contributed by atoms with E-state index in [0.717, 1.165) is 24.0 Å². The number of nitrogens with zero attached hydrogens (tertiary/aromatic N) is 1. The number of halogens is 1. The van der Waals surface area contributed by atoms with Gasteiger partial charge in [0, 0.05) is 18.7 Å². The lowest BCUT2D eigenvalue weighted by atomic mass is 10.0. The van der Waals surface area contributed by atoms with E-state index < -0.39 is 22.6 Å². The lowest BCUT2D eigenvalue weighted by molar-refractivity contribution is 0.0474. The molecule has 1 saturated heterocycles. The average Bonchev–Trinajstić information content (AvgIpc) is 3.23. The summed E-state index contributed by atoms with van der Waals surface area (Å²) in [6.45, 7) is 4.11. The molecule has 1 fully saturated rings. The number of sulfonamides is 1. The topological polar surface area (TPSA) is 80.8 Å². The van der Waals surface area contributed by atoms with Gasteiger partial charge in [0.2, 0.25) is 15.8 Å². The van der Waals surface area contributed by atoms with Gasteiger partial charge >= 0.3 is 5.97 Å². The molecule has 0 amide bonds. The highest BCUT2D eigenvalue weighted by Gasteiger charge is 2.30. The summed E-state index contributed by atoms with van der Waals surface area (Å²) in [5.41, 5.74) is 2.24. The minimum atomic E-state index is -3.78. The second kappa shape index (κ2) is 8.65. The van der Waals surface area contributed by atoms with Crippen LogP contribution in [0.1, 0.15) is 44.7 Å². The third-order valence-electron chi connectivity index (χ3n) is 4.88. The van der Waals surface area contributed by atoms with Crippen LogP contribution in [0.2, 0.25) is 5.02 Å². The first kappa shape index (κ1) is 21.5. The Kier molecular flexibility index (Phi) is 6.41. The standard InChI is InChI=1S/C21H22ClNO5S/c1-14-5-6-15(2)17(11-14)19(24)13-28-21(25)16-7-8-18(22)20(12-16)29(26,27)23-9-3-4-10-23/h5-8,11-12H,3-4,9-10,13H2,1-2H3. The molecule has 0 aliphatic carbocycles. The second-order valence-electron chi connectivity index (χ2n) is 7.07. The molecule has 1 aliphatic rings. The molecule has 29 heavy (non-hydrogen) atoms. The van der Waals surface area contributed by atoms with Crippen molar-refractivity contribution in [1.82, 2.24) is 4.31 Å². The number of carbonyl (C=O) groups is 2. The van der Waals surface area contributed by atoms with Gasteiger partial charge in [0.25, 0.3) is 0 Å². The van der Waals surface area contributed by atoms with Crippen LogP contribution in [0.5, 0.6) is 0 Å². The van der Waals surface area contributed by atoms with Crippen molar-refractivity contribution in [2.45, 2.75) is 31.6 Å². The van der Waals surface area contributed by atoms with Crippen LogP contribution in [0.25, 0.3) is 0 Å². The minimum absolute atomic E-state index is 0.0286. The quantitative estimate of drug-likeness (QED) is 0.509. The van der Waals surface area contributed by atoms with Gasteiger partial charge in [-0.15, -0.1) is 0 Å². The molecule has 0 radical (unpaired) electrons. The Balaban J connectivity index is 1.76. The molecule has 0 atom stereocenters. The van der Waals surface area contributed by atoms with Gasteiger partial charge in [-0.25, -0.2) is 13.2 Å². The number of benzene rings is 2. The smallest absolute Gasteiger partial charge is 0.338 e. The van der Waals surface area contributed by atoms with E-state index in [-0.39, 0.29) is 21.3 Å². The molecule has 1 heterocycles. The monoisotopic (exact) mass is 435 g/mol. The number of hydrogen-bond acceptors (Lipinski definition) is 5. The molecular formula is C21H22ClNO5S. The first-order chi connectivity index (χ1) is 13.7. The summed E-state index contributed by atoms with van der Waals surface area (Å²) in [6, 6.07) is 9.42. The number of hydrogen-bond donors (Lipinski definition) is 0. The predicted molar refractivity (Wildman–Crippen MR) is 110 cm³/mol. The summed E-state index contributed by atoms with van der Waals surface area (Å²) in [7, 11) is -3.78. The highest BCUT2D eigenvalue weighted by molar-refractivity contribution is 7.89. The van der Waals surface area contributed by atoms with Crippen LogP contribution in [-0.2, 0) is 14.8 Å². The molecular weight excluding hydrogens is 414 g/mol. The summed E-state index contributed by atoms with van der Waals surface area (Å²) in [5.74, 6) is -1.10. The summed E-state index contributed by atoms with van der Waals surface area (Å²) in [6.07, 6.45) is 1.58. The van der Waals surface area contributed by atoms with Gasteiger partial charge in [0.05, 0.1) is 10.6 Å². The molecule has 3 rings (SSSR count). The van der Waals surface area contributed by atoms with E-state index in [2.05, 4.69) is 0 Å². The maximum Gasteiger partial charge on any atom is 0.338 e. The Morgan fingerprint density at radius 2 is 1.76 bits per heavy atom. The first-order valence-electron chi connectivity index (χ1n) is 9.27. The zero-order valence-corrected chi connectivity index (χ0v) is 17.8. The minimum Gasteiger partial charge on any atom is -0.454 e. The largest absolute Gasteiger partial charge is 0.454 e. The lowest BCUT2D eigenvalue weighted by Crippen LogP contribution is -2.28. The second-order valence-corrected chi connectivity index (χ2v) is 9.39. The van der Waals surface area contributed by atoms with E-state index in [1.807, 2.05) is 26.0 Å². The van der Waals surface area contributed by atoms with Crippen molar-refractivity contribution in [2.24, 2.45) is 0 Å². The molecule has 2 aromatic rings. The number of Topliss-reactive ketones (excluding diaryl/α,β-unsaturated/α-hetero) is 1. The summed E-state index contributed by atoms with van der Waals surface area (Å²) < 4.78 is 32.1. The maximum atomic E-state index is 12.8. The average molecular weight is 436 g/mol. The van der Waals surface area contributed by atoms with Crippen molar-refractivity contribution < 1.29 is 22.7 Å². The van der Waals surface area contributed by atoms with Crippen molar-refractivity contribution in [3.63, 3.8) is 0 Å². The molecule has 8 heteroatoms. The summed E-state index contributed by atoms with van der Waals surface area (Å²) in [5, 5.41) is 0.0416. The first-order valence-corrected chi connectivity index (χ1v) is 11.1. The highest BCUT2D eigenvalue weighted by atomic mass is 35.5. The molecule has 0 spiro atoms. The number of esters is 1. The fourth-order valence-corrected chi connectivity index (χ4v) is 5.24. The van der Waals surface area contributed by atoms with E-state index >= 15 is 0 Å². The van der Waals surface area contributed by atoms with E-state index in [9.17, 15) is 18.0 Å². The van der Waals surface area contributed by atoms with E-state index in [4.69, 9.17) is 16.3 Å². The molecule has 2 aromatic carbocycles. The number of ether oxygens (including phenoxy) is 1. The molecule has 0 aromatic heterocycles. The zero-order chi connectivity index (χ0) is 21.2. The SMILES string of the molecule is Cc1ccc(C)c(C(=O)COC(=O)c2ccc(Cl)c(S(=O)(=O)N3CCCC3)c2)c1. The Morgan fingerprint density at radius 1 is 1.07 bits per heavy atom. The molecule has 1 aliphatic heterocycles. The van der Waals surface area contributed by atoms with E-state index in [0.29, 0.717) is 18.7 Å². The summed E-state index contributed by atoms with van der Waals surface area (Å²) in [4.78, 5) is 24.7. The fraction of sp³-hybridized carbons (Fsp3) is 0.333. The third kappa shape index (κ3) is 4.69. The van der Waals surface area contributed by atoms with Crippen LogP contribution >= 0.6 is 11.6 Å². The van der Waals surface area contributed by atoms with Crippen LogP contribution in [0.3, 0.4) is 0 Å². The number of ketones is 1. The van der Waals surface area contributed by atoms with Crippen molar-refractivity contribution >= 4 is 33.4 Å². The van der Waals surface area contributed by atoms with Crippen LogP contribution in [0.4, 0.5) is 0 Å². The third-order valence-corrected chi connectivity index (χ3v) is 7.26. The van der Waals surface area contributed by atoms with Gasteiger partial charge in [0.1, 0.15) is 4.90 Å². The van der Waals surface area contributed by atoms with Crippen LogP contribution in [0.15, 0.2) is 41.3 Å². The van der Waals surface area contributed by atoms with Crippen molar-refractivity contribution in [3.05, 3.63) is 63.7 Å². The van der Waals surface area contributed by atoms with Gasteiger partial charge in [0.15, 0.2) is 6.61 Å². The van der Waals surface area contributed by atoms with Gasteiger partial charge in [-0.05, 0) is 56.5 Å². The van der Waals surface area contributed by atoms with Gasteiger partial charge in [-0.2, -0.15) is 4.31 Å². The van der Waals surface area contributed by atoms with E-state index in [1.165, 1.54) is 22.5 Å². The summed E-state index contributed by atoms with van der Waals surface area (Å²) >= 11 is 6.09. The predicted octanol–water partition coefficient (Wildman–Crippen LogP) is 3.78. The Bertz CT molecular complexity index is 1060. The zero-order valence-electron chi connectivity index (χ0n) is 16.3. The number of carbonyl (C=O) groups excluding carboxylic acids is 2.